The van der Waals surface area contributed by atoms with Gasteiger partial charge in [-0.15, -0.1) is 0 Å². The van der Waals surface area contributed by atoms with Crippen molar-refractivity contribution in [3.63, 3.8) is 0 Å². The Kier molecular flexibility index (Phi) is 11.5. The maximum Gasteiger partial charge on any atom is 0.422 e. The third kappa shape index (κ3) is 10.9. The van der Waals surface area contributed by atoms with Gasteiger partial charge in [-0.1, -0.05) is 62.4 Å². The van der Waals surface area contributed by atoms with E-state index in [-0.39, 0.29) is 36.2 Å². The van der Waals surface area contributed by atoms with Gasteiger partial charge in [-0.05, 0) is 71.8 Å². The summed E-state index contributed by atoms with van der Waals surface area (Å²) in [5.74, 6) is -3.74. The molecule has 0 atom stereocenters. The molecule has 1 heterocycles. The van der Waals surface area contributed by atoms with Gasteiger partial charge in [0.05, 0.1) is 11.1 Å². The van der Waals surface area contributed by atoms with Gasteiger partial charge >= 0.3 is 24.0 Å². The van der Waals surface area contributed by atoms with Gasteiger partial charge in [0, 0.05) is 29.5 Å². The van der Waals surface area contributed by atoms with Crippen LogP contribution in [0.25, 0.3) is 6.08 Å². The van der Waals surface area contributed by atoms with Crippen LogP contribution in [0.4, 0.5) is 40.8 Å². The van der Waals surface area contributed by atoms with Gasteiger partial charge in [-0.3, -0.25) is 14.4 Å². The summed E-state index contributed by atoms with van der Waals surface area (Å²) < 4.78 is 58.8. The second kappa shape index (κ2) is 15.9. The molecule has 1 aliphatic carbocycles. The molecule has 53 heavy (non-hydrogen) atoms. The number of benzene rings is 3. The molecular formula is C36H35ClF4N8O4. The molecule has 0 bridgehead atoms. The van der Waals surface area contributed by atoms with Crippen LogP contribution in [0.3, 0.4) is 0 Å². The molecule has 1 aromatic heterocycles. The van der Waals surface area contributed by atoms with E-state index in [4.69, 9.17) is 16.3 Å². The van der Waals surface area contributed by atoms with E-state index in [2.05, 4.69) is 48.1 Å². The van der Waals surface area contributed by atoms with Crippen LogP contribution in [-0.2, 0) is 15.1 Å². The standard InChI is InChI=1S/C36H35ClF4N8O4/c1-4-21-5-11-24(12-6-21)44-30(52)29(51)43-19-34(2,3)18-42-28(50)26-14-13-25(17-27(26)38)45-31-46-32(48-33(47-31)53-20-36(39,40)41)49-35(15-16-35)22-7-9-23(37)10-8-22/h4-14,17H,1,15-16,18-20H2,2-3H3,(H,42,50)(H,43,51)(H,44,52)(H2,45,46,47,48,49). The molecule has 278 valence electrons. The van der Waals surface area contributed by atoms with Gasteiger partial charge in [-0.2, -0.15) is 28.1 Å². The van der Waals surface area contributed by atoms with Gasteiger partial charge in [0.15, 0.2) is 6.61 Å². The average molecular weight is 755 g/mol. The number of hydrogen-bond donors (Lipinski definition) is 5. The van der Waals surface area contributed by atoms with E-state index < -0.39 is 53.3 Å². The highest BCUT2D eigenvalue weighted by Gasteiger charge is 2.45. The van der Waals surface area contributed by atoms with Crippen molar-refractivity contribution in [1.29, 1.82) is 0 Å². The predicted octanol–water partition coefficient (Wildman–Crippen LogP) is 6.60. The Morgan fingerprint density at radius 2 is 1.53 bits per heavy atom. The highest BCUT2D eigenvalue weighted by molar-refractivity contribution is 6.39. The SMILES string of the molecule is C=Cc1ccc(NC(=O)C(=O)NCC(C)(C)CNC(=O)c2ccc(Nc3nc(NC4(c5ccc(Cl)cc5)CC4)nc(OCC(F)(F)F)n3)cc2F)cc1. The maximum atomic E-state index is 15.2. The summed E-state index contributed by atoms with van der Waals surface area (Å²) >= 11 is 6.01. The van der Waals surface area contributed by atoms with Crippen LogP contribution in [0.5, 0.6) is 6.01 Å². The molecule has 1 aliphatic rings. The number of halogens is 5. The highest BCUT2D eigenvalue weighted by Crippen LogP contribution is 2.48. The Labute approximate surface area is 306 Å². The van der Waals surface area contributed by atoms with E-state index in [0.29, 0.717) is 23.6 Å². The van der Waals surface area contributed by atoms with Crippen molar-refractivity contribution in [3.8, 4) is 6.01 Å². The van der Waals surface area contributed by atoms with Crippen LogP contribution >= 0.6 is 11.6 Å². The Balaban J connectivity index is 1.19. The van der Waals surface area contributed by atoms with Crippen LogP contribution < -0.4 is 31.3 Å². The summed E-state index contributed by atoms with van der Waals surface area (Å²) in [6.45, 7) is 5.49. The van der Waals surface area contributed by atoms with Gasteiger partial charge in [0.1, 0.15) is 5.82 Å². The predicted molar refractivity (Wildman–Crippen MR) is 191 cm³/mol. The topological polar surface area (TPSA) is 159 Å². The minimum Gasteiger partial charge on any atom is -0.454 e. The Bertz CT molecular complexity index is 1990. The first-order valence-corrected chi connectivity index (χ1v) is 16.6. The van der Waals surface area contributed by atoms with Crippen LogP contribution in [0, 0.1) is 11.2 Å². The lowest BCUT2D eigenvalue weighted by molar-refractivity contribution is -0.154. The molecule has 1 saturated carbocycles. The van der Waals surface area contributed by atoms with Crippen LogP contribution in [0.1, 0.15) is 48.2 Å². The largest absolute Gasteiger partial charge is 0.454 e. The average Bonchev–Trinajstić information content (AvgIpc) is 3.89. The van der Waals surface area contributed by atoms with Crippen LogP contribution in [-0.4, -0.2) is 58.5 Å². The number of nitrogens with one attached hydrogen (secondary N) is 5. The number of anilines is 4. The minimum atomic E-state index is -4.66. The summed E-state index contributed by atoms with van der Waals surface area (Å²) in [6.07, 6.45) is -1.65. The zero-order chi connectivity index (χ0) is 38.4. The van der Waals surface area contributed by atoms with E-state index in [1.165, 1.54) is 12.1 Å². The molecule has 0 unspecified atom stereocenters. The Morgan fingerprint density at radius 3 is 2.15 bits per heavy atom. The van der Waals surface area contributed by atoms with Gasteiger partial charge in [0.2, 0.25) is 11.9 Å². The number of carbonyl (C=O) groups is 3. The zero-order valence-corrected chi connectivity index (χ0v) is 29.3. The number of rotatable bonds is 14. The molecule has 1 fully saturated rings. The van der Waals surface area contributed by atoms with E-state index in [1.54, 1.807) is 56.3 Å². The molecule has 0 spiro atoms. The third-order valence-electron chi connectivity index (χ3n) is 8.01. The van der Waals surface area contributed by atoms with Crippen molar-refractivity contribution in [2.24, 2.45) is 5.41 Å². The Morgan fingerprint density at radius 1 is 0.887 bits per heavy atom. The molecule has 0 aliphatic heterocycles. The second-order valence-electron chi connectivity index (χ2n) is 13.0. The first-order chi connectivity index (χ1) is 25.0. The lowest BCUT2D eigenvalue weighted by Crippen LogP contribution is -2.45. The summed E-state index contributed by atoms with van der Waals surface area (Å²) in [5.41, 5.74) is 0.595. The smallest absolute Gasteiger partial charge is 0.422 e. The van der Waals surface area contributed by atoms with Crippen LogP contribution in [0.2, 0.25) is 5.02 Å². The summed E-state index contributed by atoms with van der Waals surface area (Å²) in [7, 11) is 0. The lowest BCUT2D eigenvalue weighted by Gasteiger charge is -2.25. The summed E-state index contributed by atoms with van der Waals surface area (Å²) in [6, 6.07) is 16.7. The zero-order valence-electron chi connectivity index (χ0n) is 28.5. The Hall–Kier alpha value is -5.77. The molecule has 0 radical (unpaired) electrons. The lowest BCUT2D eigenvalue weighted by atomic mass is 9.93. The van der Waals surface area contributed by atoms with E-state index in [1.807, 2.05) is 12.1 Å². The van der Waals surface area contributed by atoms with Crippen molar-refractivity contribution in [2.75, 3.05) is 35.6 Å². The molecule has 3 amide bonds. The molecule has 5 N–H and O–H groups in total. The number of nitrogens with zero attached hydrogens (tertiary/aromatic N) is 3. The monoisotopic (exact) mass is 754 g/mol. The molecule has 0 saturated heterocycles. The second-order valence-corrected chi connectivity index (χ2v) is 13.4. The normalized spacial score (nSPS) is 13.3. The fraction of sp³-hybridized carbons (Fsp3) is 0.278. The first kappa shape index (κ1) is 38.5. The third-order valence-corrected chi connectivity index (χ3v) is 8.27. The number of alkyl halides is 3. The molecule has 3 aromatic carbocycles. The molecule has 12 nitrogen and oxygen atoms in total. The molecule has 4 aromatic rings. The summed E-state index contributed by atoms with van der Waals surface area (Å²) in [4.78, 5) is 49.8. The highest BCUT2D eigenvalue weighted by atomic mass is 35.5. The van der Waals surface area contributed by atoms with Crippen molar-refractivity contribution in [3.05, 3.63) is 101 Å². The van der Waals surface area contributed by atoms with Crippen molar-refractivity contribution in [1.82, 2.24) is 25.6 Å². The van der Waals surface area contributed by atoms with Crippen molar-refractivity contribution < 1.29 is 36.7 Å². The summed E-state index contributed by atoms with van der Waals surface area (Å²) in [5, 5.41) is 14.1. The fourth-order valence-electron chi connectivity index (χ4n) is 4.95. The number of carbonyl (C=O) groups excluding carboxylic acids is 3. The van der Waals surface area contributed by atoms with Crippen molar-refractivity contribution >= 4 is 58.7 Å². The van der Waals surface area contributed by atoms with Gasteiger partial charge in [-0.25, -0.2) is 4.39 Å². The number of amides is 3. The number of aromatic nitrogens is 3. The molecular weight excluding hydrogens is 720 g/mol. The van der Waals surface area contributed by atoms with E-state index in [9.17, 15) is 27.6 Å². The van der Waals surface area contributed by atoms with Crippen LogP contribution in [0.15, 0.2) is 73.3 Å². The van der Waals surface area contributed by atoms with E-state index >= 15 is 4.39 Å². The number of hydrogen-bond acceptors (Lipinski definition) is 9. The fourth-order valence-corrected chi connectivity index (χ4v) is 5.07. The van der Waals surface area contributed by atoms with Gasteiger partial charge < -0.3 is 31.3 Å². The maximum absolute atomic E-state index is 15.2. The number of ether oxygens (including phenoxy) is 1. The quantitative estimate of drug-likeness (QED) is 0.0706. The first-order valence-electron chi connectivity index (χ1n) is 16.2. The molecule has 17 heteroatoms. The van der Waals surface area contributed by atoms with Crippen molar-refractivity contribution in [2.45, 2.75) is 38.4 Å². The minimum absolute atomic E-state index is 0.00896. The van der Waals surface area contributed by atoms with E-state index in [0.717, 1.165) is 17.2 Å². The van der Waals surface area contributed by atoms with Gasteiger partial charge in [0.25, 0.3) is 5.91 Å². The molecule has 5 rings (SSSR count).